The fraction of sp³-hybridized carbons (Fsp3) is 0.909. The third-order valence-corrected chi connectivity index (χ3v) is 3.80. The molecule has 102 valence electrons. The van der Waals surface area contributed by atoms with Crippen molar-refractivity contribution in [1.29, 1.82) is 0 Å². The molecule has 0 spiro atoms. The van der Waals surface area contributed by atoms with Crippen molar-refractivity contribution in [2.24, 2.45) is 0 Å². The molecule has 0 aromatic carbocycles. The second-order valence-corrected chi connectivity index (χ2v) is 5.13. The van der Waals surface area contributed by atoms with E-state index in [0.717, 1.165) is 32.4 Å². The number of nitrogens with one attached hydrogen (secondary N) is 2. The highest BCUT2D eigenvalue weighted by atomic mass is 16.4. The molecule has 0 radical (unpaired) electrons. The zero-order valence-corrected chi connectivity index (χ0v) is 10.6. The van der Waals surface area contributed by atoms with Gasteiger partial charge in [0.2, 0.25) is 5.91 Å². The lowest BCUT2D eigenvalue weighted by atomic mass is 9.78. The minimum Gasteiger partial charge on any atom is -0.426 e. The number of nitrogens with zero attached hydrogens (tertiary/aromatic N) is 1. The van der Waals surface area contributed by atoms with E-state index >= 15 is 0 Å². The summed E-state index contributed by atoms with van der Waals surface area (Å²) < 4.78 is 0. The van der Waals surface area contributed by atoms with Crippen molar-refractivity contribution in [2.45, 2.75) is 37.7 Å². The third-order valence-electron chi connectivity index (χ3n) is 3.80. The van der Waals surface area contributed by atoms with Gasteiger partial charge in [0.1, 0.15) is 0 Å². The Balaban J connectivity index is 1.76. The number of amides is 1. The van der Waals surface area contributed by atoms with Gasteiger partial charge in [0, 0.05) is 19.1 Å². The van der Waals surface area contributed by atoms with Crippen molar-refractivity contribution in [2.75, 3.05) is 26.2 Å². The molecule has 0 saturated carbocycles. The Bertz CT molecular complexity index is 285. The summed E-state index contributed by atoms with van der Waals surface area (Å²) in [5, 5.41) is 25.0. The molecule has 2 aliphatic rings. The number of hydrogen-bond acceptors (Lipinski definition) is 5. The summed E-state index contributed by atoms with van der Waals surface area (Å²) >= 11 is 0. The first-order chi connectivity index (χ1) is 8.68. The van der Waals surface area contributed by atoms with Crippen LogP contribution in [-0.2, 0) is 4.79 Å². The largest absolute Gasteiger partial charge is 0.475 e. The Labute approximate surface area is 108 Å². The average Bonchev–Trinajstić information content (AvgIpc) is 2.86. The molecule has 0 aromatic rings. The van der Waals surface area contributed by atoms with Crippen molar-refractivity contribution < 1.29 is 14.8 Å². The van der Waals surface area contributed by atoms with Crippen molar-refractivity contribution >= 4 is 13.0 Å². The molecule has 0 unspecified atom stereocenters. The minimum absolute atomic E-state index is 0.0313. The smallest absolute Gasteiger partial charge is 0.426 e. The molecule has 7 heteroatoms. The van der Waals surface area contributed by atoms with Gasteiger partial charge in [-0.25, -0.2) is 0 Å². The topological polar surface area (TPSA) is 84.8 Å². The molecular weight excluding hydrogens is 233 g/mol. The van der Waals surface area contributed by atoms with E-state index in [9.17, 15) is 14.8 Å². The molecule has 1 amide bonds. The van der Waals surface area contributed by atoms with Crippen molar-refractivity contribution in [1.82, 2.24) is 15.5 Å². The number of carbonyl (C=O) groups excluding carboxylic acids is 1. The summed E-state index contributed by atoms with van der Waals surface area (Å²) in [6, 6.07) is 0.350. The van der Waals surface area contributed by atoms with Crippen molar-refractivity contribution in [3.05, 3.63) is 0 Å². The summed E-state index contributed by atoms with van der Waals surface area (Å²) in [5.41, 5.74) is 0. The van der Waals surface area contributed by atoms with E-state index in [4.69, 9.17) is 0 Å². The first-order valence-electron chi connectivity index (χ1n) is 6.78. The average molecular weight is 255 g/mol. The van der Waals surface area contributed by atoms with Crippen LogP contribution in [0.5, 0.6) is 0 Å². The Morgan fingerprint density at radius 3 is 2.89 bits per heavy atom. The Morgan fingerprint density at radius 2 is 2.22 bits per heavy atom. The molecule has 0 aliphatic carbocycles. The third kappa shape index (κ3) is 3.44. The van der Waals surface area contributed by atoms with E-state index in [0.29, 0.717) is 19.0 Å². The quantitative estimate of drug-likeness (QED) is 0.451. The Hall–Kier alpha value is -0.625. The van der Waals surface area contributed by atoms with Gasteiger partial charge in [-0.2, -0.15) is 0 Å². The lowest BCUT2D eigenvalue weighted by Crippen LogP contribution is -2.51. The Kier molecular flexibility index (Phi) is 4.99. The normalized spacial score (nSPS) is 28.4. The lowest BCUT2D eigenvalue weighted by Gasteiger charge is -2.27. The first kappa shape index (κ1) is 13.8. The highest BCUT2D eigenvalue weighted by molar-refractivity contribution is 6.43. The van der Waals surface area contributed by atoms with E-state index in [1.54, 1.807) is 4.90 Å². The van der Waals surface area contributed by atoms with E-state index in [2.05, 4.69) is 10.6 Å². The van der Waals surface area contributed by atoms with Crippen LogP contribution >= 0.6 is 0 Å². The maximum atomic E-state index is 12.0. The monoisotopic (exact) mass is 255 g/mol. The molecule has 0 aromatic heterocycles. The summed E-state index contributed by atoms with van der Waals surface area (Å²) in [6.45, 7) is 2.87. The van der Waals surface area contributed by atoms with E-state index in [1.807, 2.05) is 0 Å². The molecule has 18 heavy (non-hydrogen) atoms. The molecule has 2 aliphatic heterocycles. The Morgan fingerprint density at radius 1 is 1.39 bits per heavy atom. The molecular formula is C11H22BN3O3. The molecule has 2 heterocycles. The van der Waals surface area contributed by atoms with Gasteiger partial charge in [-0.1, -0.05) is 0 Å². The van der Waals surface area contributed by atoms with E-state index in [-0.39, 0.29) is 12.5 Å². The van der Waals surface area contributed by atoms with Crippen molar-refractivity contribution in [3.63, 3.8) is 0 Å². The number of hydrogen-bond donors (Lipinski definition) is 4. The van der Waals surface area contributed by atoms with Crippen LogP contribution in [0.3, 0.4) is 0 Å². The maximum absolute atomic E-state index is 12.0. The summed E-state index contributed by atoms with van der Waals surface area (Å²) in [7, 11) is -1.42. The van der Waals surface area contributed by atoms with Gasteiger partial charge in [0.05, 0.1) is 12.5 Å². The highest BCUT2D eigenvalue weighted by Gasteiger charge is 2.36. The lowest BCUT2D eigenvalue weighted by molar-refractivity contribution is -0.130. The molecule has 2 rings (SSSR count). The number of carbonyl (C=O) groups is 1. The number of piperidine rings is 1. The summed E-state index contributed by atoms with van der Waals surface area (Å²) in [4.78, 5) is 13.6. The molecule has 4 N–H and O–H groups in total. The van der Waals surface area contributed by atoms with Gasteiger partial charge < -0.3 is 25.6 Å². The zero-order chi connectivity index (χ0) is 13.0. The van der Waals surface area contributed by atoms with Crippen LogP contribution in [0.1, 0.15) is 25.7 Å². The van der Waals surface area contributed by atoms with E-state index in [1.165, 1.54) is 0 Å². The van der Waals surface area contributed by atoms with Gasteiger partial charge in [0.15, 0.2) is 0 Å². The van der Waals surface area contributed by atoms with Gasteiger partial charge in [-0.15, -0.1) is 0 Å². The second kappa shape index (κ2) is 6.52. The van der Waals surface area contributed by atoms with Crippen LogP contribution in [0.25, 0.3) is 0 Å². The van der Waals surface area contributed by atoms with Crippen LogP contribution < -0.4 is 10.6 Å². The predicted octanol–water partition coefficient (Wildman–Crippen LogP) is -1.67. The van der Waals surface area contributed by atoms with Crippen LogP contribution in [0.15, 0.2) is 0 Å². The molecule has 6 nitrogen and oxygen atoms in total. The second-order valence-electron chi connectivity index (χ2n) is 5.13. The predicted molar refractivity (Wildman–Crippen MR) is 68.8 cm³/mol. The van der Waals surface area contributed by atoms with Crippen LogP contribution in [-0.4, -0.2) is 66.1 Å². The zero-order valence-electron chi connectivity index (χ0n) is 10.6. The van der Waals surface area contributed by atoms with Gasteiger partial charge >= 0.3 is 7.12 Å². The van der Waals surface area contributed by atoms with Crippen molar-refractivity contribution in [3.8, 4) is 0 Å². The first-order valence-corrected chi connectivity index (χ1v) is 6.78. The molecule has 2 saturated heterocycles. The molecule has 2 fully saturated rings. The van der Waals surface area contributed by atoms with Gasteiger partial charge in [-0.05, 0) is 32.2 Å². The van der Waals surface area contributed by atoms with Gasteiger partial charge in [-0.3, -0.25) is 4.79 Å². The number of likely N-dealkylation sites (tertiary alicyclic amines) is 1. The van der Waals surface area contributed by atoms with Crippen LogP contribution in [0, 0.1) is 0 Å². The summed E-state index contributed by atoms with van der Waals surface area (Å²) in [6.07, 6.45) is 3.74. The highest BCUT2D eigenvalue weighted by Crippen LogP contribution is 2.17. The molecule has 0 bridgehead atoms. The SMILES string of the molecule is O=C(CN[C@@H]1CCCNC1)N1CCC[C@H]1B(O)O. The standard InChI is InChI=1S/C11H22BN3O3/c16-11(8-14-9-3-1-5-13-7-9)15-6-2-4-10(15)12(17)18/h9-10,13-14,17-18H,1-8H2/t9-,10+/m1/s1. The fourth-order valence-electron chi connectivity index (χ4n) is 2.77. The van der Waals surface area contributed by atoms with Gasteiger partial charge in [0.25, 0.3) is 0 Å². The van der Waals surface area contributed by atoms with Crippen LogP contribution in [0.4, 0.5) is 0 Å². The minimum atomic E-state index is -1.42. The fourth-order valence-corrected chi connectivity index (χ4v) is 2.77. The summed E-state index contributed by atoms with van der Waals surface area (Å²) in [5.74, 6) is -0.458. The maximum Gasteiger partial charge on any atom is 0.475 e. The number of rotatable bonds is 4. The van der Waals surface area contributed by atoms with Crippen LogP contribution in [0.2, 0.25) is 0 Å². The van der Waals surface area contributed by atoms with E-state index < -0.39 is 13.1 Å². The molecule has 2 atom stereocenters.